The molecule has 0 bridgehead atoms. The molecule has 0 N–H and O–H groups in total. The second kappa shape index (κ2) is 4.33. The van der Waals surface area contributed by atoms with Gasteiger partial charge in [-0.2, -0.15) is 0 Å². The number of rotatable bonds is 2. The topological polar surface area (TPSA) is 17.1 Å². The monoisotopic (exact) mass is 226 g/mol. The van der Waals surface area contributed by atoms with Gasteiger partial charge in [-0.3, -0.25) is 4.79 Å². The van der Waals surface area contributed by atoms with Crippen molar-refractivity contribution in [1.29, 1.82) is 0 Å². The van der Waals surface area contributed by atoms with Crippen LogP contribution in [0.3, 0.4) is 0 Å². The largest absolute Gasteiger partial charge is 0.298 e. The second-order valence-electron chi connectivity index (χ2n) is 5.00. The van der Waals surface area contributed by atoms with Crippen LogP contribution >= 0.6 is 0 Å². The molecule has 2 aliphatic carbocycles. The zero-order chi connectivity index (χ0) is 12.6. The molecule has 1 heteroatoms. The Kier molecular flexibility index (Phi) is 3.01. The molecular weight excluding hydrogens is 208 g/mol. The Balaban J connectivity index is 2.80. The van der Waals surface area contributed by atoms with E-state index >= 15 is 0 Å². The third kappa shape index (κ3) is 1.97. The number of fused-ring (bicyclic) bond motifs is 1. The summed E-state index contributed by atoms with van der Waals surface area (Å²) in [5, 5.41) is 0. The fourth-order valence-corrected chi connectivity index (χ4v) is 2.25. The van der Waals surface area contributed by atoms with Gasteiger partial charge in [0.25, 0.3) is 0 Å². The molecule has 0 aliphatic heterocycles. The van der Waals surface area contributed by atoms with Crippen LogP contribution in [-0.2, 0) is 0 Å². The Morgan fingerprint density at radius 2 is 1.71 bits per heavy atom. The molecule has 0 aromatic carbocycles. The van der Waals surface area contributed by atoms with Crippen molar-refractivity contribution in [2.45, 2.75) is 33.6 Å². The average molecular weight is 226 g/mol. The van der Waals surface area contributed by atoms with E-state index in [-0.39, 0.29) is 0 Å². The molecule has 0 spiro atoms. The molecule has 0 fully saturated rings. The van der Waals surface area contributed by atoms with Crippen molar-refractivity contribution < 1.29 is 4.79 Å². The maximum Gasteiger partial charge on any atom is 0.150 e. The third-order valence-corrected chi connectivity index (χ3v) is 3.41. The first-order valence-electron chi connectivity index (χ1n) is 6.03. The summed E-state index contributed by atoms with van der Waals surface area (Å²) in [7, 11) is 0. The summed E-state index contributed by atoms with van der Waals surface area (Å²) < 4.78 is 0. The molecule has 0 aromatic rings. The number of hydrogen-bond donors (Lipinski definition) is 0. The fourth-order valence-electron chi connectivity index (χ4n) is 2.25. The first-order chi connectivity index (χ1) is 8.04. The van der Waals surface area contributed by atoms with E-state index in [1.165, 1.54) is 16.7 Å². The quantitative estimate of drug-likeness (QED) is 0.696. The van der Waals surface area contributed by atoms with Gasteiger partial charge in [-0.05, 0) is 47.6 Å². The van der Waals surface area contributed by atoms with Gasteiger partial charge in [0.05, 0.1) is 0 Å². The highest BCUT2D eigenvalue weighted by Gasteiger charge is 2.15. The number of carbonyl (C=O) groups excluding carboxylic acids is 1. The predicted molar refractivity (Wildman–Crippen MR) is 72.0 cm³/mol. The van der Waals surface area contributed by atoms with E-state index in [2.05, 4.69) is 45.0 Å². The minimum absolute atomic E-state index is 0.472. The molecule has 0 unspecified atom stereocenters. The van der Waals surface area contributed by atoms with Gasteiger partial charge < -0.3 is 0 Å². The van der Waals surface area contributed by atoms with Gasteiger partial charge in [-0.1, -0.05) is 38.1 Å². The standard InChI is InChI=1S/C16H18O/c1-10(2)13-6-5-11(3)14-7-12(4)16(9-17)15(14)8-13/h5-10H,1-4H3. The maximum absolute atomic E-state index is 11.2. The molecule has 88 valence electrons. The Bertz CT molecular complexity index is 538. The van der Waals surface area contributed by atoms with Crippen molar-refractivity contribution in [3.05, 3.63) is 46.5 Å². The summed E-state index contributed by atoms with van der Waals surface area (Å²) in [6, 6.07) is 8.57. The smallest absolute Gasteiger partial charge is 0.150 e. The lowest BCUT2D eigenvalue weighted by Crippen LogP contribution is -1.86. The van der Waals surface area contributed by atoms with E-state index < -0.39 is 0 Å². The van der Waals surface area contributed by atoms with E-state index in [1.807, 2.05) is 6.92 Å². The average Bonchev–Trinajstić information content (AvgIpc) is 2.50. The molecule has 2 aliphatic rings. The zero-order valence-electron chi connectivity index (χ0n) is 10.9. The molecule has 1 nitrogen and oxygen atoms in total. The molecule has 0 aromatic heterocycles. The van der Waals surface area contributed by atoms with E-state index in [4.69, 9.17) is 0 Å². The van der Waals surface area contributed by atoms with E-state index in [0.29, 0.717) is 5.92 Å². The van der Waals surface area contributed by atoms with E-state index in [1.54, 1.807) is 0 Å². The first kappa shape index (κ1) is 11.8. The highest BCUT2D eigenvalue weighted by molar-refractivity contribution is 5.93. The molecule has 17 heavy (non-hydrogen) atoms. The molecule has 2 rings (SSSR count). The summed E-state index contributed by atoms with van der Waals surface area (Å²) in [6.45, 7) is 8.44. The van der Waals surface area contributed by atoms with Gasteiger partial charge >= 0.3 is 0 Å². The van der Waals surface area contributed by atoms with Gasteiger partial charge in [0.15, 0.2) is 6.29 Å². The van der Waals surface area contributed by atoms with Crippen molar-refractivity contribution in [3.8, 4) is 11.1 Å². The Labute approximate surface area is 103 Å². The van der Waals surface area contributed by atoms with Crippen LogP contribution in [0.5, 0.6) is 0 Å². The van der Waals surface area contributed by atoms with Crippen LogP contribution in [0.1, 0.15) is 46.8 Å². The summed E-state index contributed by atoms with van der Waals surface area (Å²) >= 11 is 0. The molecular formula is C16H18O. The van der Waals surface area contributed by atoms with Crippen molar-refractivity contribution in [3.63, 3.8) is 0 Å². The highest BCUT2D eigenvalue weighted by atomic mass is 16.1. The van der Waals surface area contributed by atoms with E-state index in [9.17, 15) is 4.79 Å². The summed E-state index contributed by atoms with van der Waals surface area (Å²) in [5.74, 6) is 0.472. The minimum Gasteiger partial charge on any atom is -0.298 e. The molecule has 0 radical (unpaired) electrons. The molecule has 0 amide bonds. The molecule has 0 heterocycles. The van der Waals surface area contributed by atoms with Crippen LogP contribution in [0.25, 0.3) is 11.1 Å². The lowest BCUT2D eigenvalue weighted by atomic mass is 10.0. The van der Waals surface area contributed by atoms with Crippen LogP contribution in [0.15, 0.2) is 24.3 Å². The van der Waals surface area contributed by atoms with E-state index in [0.717, 1.165) is 23.0 Å². The number of aryl methyl sites for hydroxylation is 2. The molecule has 0 saturated heterocycles. The number of carbonyl (C=O) groups is 1. The Morgan fingerprint density at radius 3 is 2.29 bits per heavy atom. The maximum atomic E-state index is 11.2. The normalized spacial score (nSPS) is 11.1. The number of aldehydes is 1. The fraction of sp³-hybridized carbons (Fsp3) is 0.312. The van der Waals surface area contributed by atoms with Gasteiger partial charge in [0.1, 0.15) is 0 Å². The number of hydrogen-bond acceptors (Lipinski definition) is 1. The minimum atomic E-state index is 0.472. The van der Waals surface area contributed by atoms with Crippen LogP contribution < -0.4 is 0 Å². The highest BCUT2D eigenvalue weighted by Crippen LogP contribution is 2.34. The lowest BCUT2D eigenvalue weighted by molar-refractivity contribution is 0.112. The van der Waals surface area contributed by atoms with Crippen LogP contribution in [0, 0.1) is 13.8 Å². The first-order valence-corrected chi connectivity index (χ1v) is 6.03. The van der Waals surface area contributed by atoms with Crippen LogP contribution in [0.2, 0.25) is 0 Å². The van der Waals surface area contributed by atoms with Gasteiger partial charge in [-0.25, -0.2) is 0 Å². The van der Waals surface area contributed by atoms with Gasteiger partial charge in [0, 0.05) is 5.56 Å². The summed E-state index contributed by atoms with van der Waals surface area (Å²) in [4.78, 5) is 11.2. The van der Waals surface area contributed by atoms with Crippen molar-refractivity contribution >= 4 is 6.29 Å². The van der Waals surface area contributed by atoms with Gasteiger partial charge in [0.2, 0.25) is 0 Å². The van der Waals surface area contributed by atoms with Crippen molar-refractivity contribution in [1.82, 2.24) is 0 Å². The summed E-state index contributed by atoms with van der Waals surface area (Å²) in [5.41, 5.74) is 6.68. The predicted octanol–water partition coefficient (Wildman–Crippen LogP) is 4.34. The van der Waals surface area contributed by atoms with Crippen LogP contribution in [-0.4, -0.2) is 6.29 Å². The SMILES string of the molecule is Cc1ccc(C(C)C)cc2c(C=O)c(C)cc1-2. The summed E-state index contributed by atoms with van der Waals surface area (Å²) in [6.07, 6.45) is 0.973. The molecule has 0 atom stereocenters. The zero-order valence-corrected chi connectivity index (χ0v) is 10.9. The Morgan fingerprint density at radius 1 is 1.00 bits per heavy atom. The van der Waals surface area contributed by atoms with Crippen molar-refractivity contribution in [2.24, 2.45) is 0 Å². The third-order valence-electron chi connectivity index (χ3n) is 3.41. The van der Waals surface area contributed by atoms with Crippen molar-refractivity contribution in [2.75, 3.05) is 0 Å². The Hall–Kier alpha value is -1.63. The lowest BCUT2D eigenvalue weighted by Gasteiger charge is -2.03. The van der Waals surface area contributed by atoms with Gasteiger partial charge in [-0.15, -0.1) is 0 Å². The van der Waals surface area contributed by atoms with Crippen LogP contribution in [0.4, 0.5) is 0 Å². The molecule has 0 saturated carbocycles. The second-order valence-corrected chi connectivity index (χ2v) is 5.00.